The minimum absolute atomic E-state index is 0.313. The molecule has 0 unspecified atom stereocenters. The minimum Gasteiger partial charge on any atom is -0.495 e. The Labute approximate surface area is 101 Å². The number of esters is 1. The van der Waals surface area contributed by atoms with Crippen LogP contribution in [0.4, 0.5) is 5.69 Å². The number of carbonyl (C=O) groups is 1. The Morgan fingerprint density at radius 1 is 1.35 bits per heavy atom. The van der Waals surface area contributed by atoms with E-state index >= 15 is 0 Å². The molecule has 0 heterocycles. The van der Waals surface area contributed by atoms with Crippen molar-refractivity contribution in [1.82, 2.24) is 0 Å². The highest BCUT2D eigenvalue weighted by Crippen LogP contribution is 2.22. The quantitative estimate of drug-likeness (QED) is 0.628. The summed E-state index contributed by atoms with van der Waals surface area (Å²) in [5.41, 5.74) is 1.47. The number of methoxy groups -OCH3 is 2. The maximum Gasteiger partial charge on any atom is 0.333 e. The van der Waals surface area contributed by atoms with E-state index in [1.54, 1.807) is 20.1 Å². The van der Waals surface area contributed by atoms with Crippen LogP contribution in [0.5, 0.6) is 5.75 Å². The molecule has 0 saturated heterocycles. The summed E-state index contributed by atoms with van der Waals surface area (Å²) in [7, 11) is 2.99. The van der Waals surface area contributed by atoms with Crippen molar-refractivity contribution in [3.63, 3.8) is 0 Å². The predicted octanol–water partition coefficient (Wildman–Crippen LogP) is 2.23. The molecule has 0 aliphatic rings. The monoisotopic (exact) mass is 235 g/mol. The molecule has 0 saturated carbocycles. The molecule has 0 radical (unpaired) electrons. The Bertz CT molecular complexity index is 413. The summed E-state index contributed by atoms with van der Waals surface area (Å²) in [5.74, 6) is 0.462. The number of hydrogen-bond acceptors (Lipinski definition) is 4. The molecule has 17 heavy (non-hydrogen) atoms. The van der Waals surface area contributed by atoms with Crippen molar-refractivity contribution in [2.75, 3.05) is 26.1 Å². The summed E-state index contributed by atoms with van der Waals surface area (Å²) in [5, 5.41) is 3.16. The van der Waals surface area contributed by atoms with Crippen molar-refractivity contribution in [2.45, 2.75) is 6.92 Å². The molecule has 92 valence electrons. The number of anilines is 1. The van der Waals surface area contributed by atoms with E-state index in [0.717, 1.165) is 11.4 Å². The van der Waals surface area contributed by atoms with Crippen LogP contribution in [-0.2, 0) is 9.53 Å². The van der Waals surface area contributed by atoms with Gasteiger partial charge in [-0.15, -0.1) is 0 Å². The minimum atomic E-state index is -0.313. The van der Waals surface area contributed by atoms with E-state index in [2.05, 4.69) is 10.1 Å². The molecule has 1 aromatic carbocycles. The Morgan fingerprint density at radius 2 is 2.06 bits per heavy atom. The molecule has 0 spiro atoms. The second-order valence-corrected chi connectivity index (χ2v) is 3.46. The molecule has 4 heteroatoms. The summed E-state index contributed by atoms with van der Waals surface area (Å²) in [4.78, 5) is 11.1. The van der Waals surface area contributed by atoms with Crippen LogP contribution in [0.1, 0.15) is 6.92 Å². The fraction of sp³-hybridized carbons (Fsp3) is 0.308. The lowest BCUT2D eigenvalue weighted by Crippen LogP contribution is -2.06. The molecule has 0 amide bonds. The van der Waals surface area contributed by atoms with Crippen molar-refractivity contribution < 1.29 is 14.3 Å². The van der Waals surface area contributed by atoms with Crippen LogP contribution in [0.2, 0.25) is 0 Å². The number of ether oxygens (including phenoxy) is 2. The van der Waals surface area contributed by atoms with Gasteiger partial charge in [-0.1, -0.05) is 18.2 Å². The number of para-hydroxylation sites is 2. The Morgan fingerprint density at radius 3 is 2.71 bits per heavy atom. The number of rotatable bonds is 5. The first-order chi connectivity index (χ1) is 8.19. The molecule has 0 fully saturated rings. The summed E-state index contributed by atoms with van der Waals surface area (Å²) < 4.78 is 9.80. The average molecular weight is 235 g/mol. The standard InChI is InChI=1S/C13H17NO3/c1-10(13(15)17-3)8-9-14-11-6-4-5-7-12(11)16-2/h4-8,14H,9H2,1-3H3/b10-8+. The van der Waals surface area contributed by atoms with E-state index < -0.39 is 0 Å². The van der Waals surface area contributed by atoms with Crippen molar-refractivity contribution in [1.29, 1.82) is 0 Å². The third kappa shape index (κ3) is 3.83. The maximum atomic E-state index is 11.1. The molecular formula is C13H17NO3. The largest absolute Gasteiger partial charge is 0.495 e. The van der Waals surface area contributed by atoms with Crippen LogP contribution >= 0.6 is 0 Å². The average Bonchev–Trinajstić information content (AvgIpc) is 2.38. The van der Waals surface area contributed by atoms with Gasteiger partial charge in [-0.25, -0.2) is 4.79 Å². The predicted molar refractivity (Wildman–Crippen MR) is 67.3 cm³/mol. The van der Waals surface area contributed by atoms with Crippen LogP contribution in [0.15, 0.2) is 35.9 Å². The van der Waals surface area contributed by atoms with Gasteiger partial charge in [0.2, 0.25) is 0 Å². The van der Waals surface area contributed by atoms with Crippen LogP contribution < -0.4 is 10.1 Å². The zero-order valence-electron chi connectivity index (χ0n) is 10.3. The molecule has 0 aliphatic carbocycles. The van der Waals surface area contributed by atoms with Gasteiger partial charge in [0, 0.05) is 12.1 Å². The normalized spacial score (nSPS) is 10.9. The molecule has 0 bridgehead atoms. The second kappa shape index (κ2) is 6.58. The molecule has 1 aromatic rings. The number of nitrogens with one attached hydrogen (secondary N) is 1. The summed E-state index contributed by atoms with van der Waals surface area (Å²) in [6.07, 6.45) is 1.78. The van der Waals surface area contributed by atoms with Gasteiger partial charge in [0.15, 0.2) is 0 Å². The number of carbonyl (C=O) groups excluding carboxylic acids is 1. The lowest BCUT2D eigenvalue weighted by Gasteiger charge is -2.09. The van der Waals surface area contributed by atoms with E-state index in [1.807, 2.05) is 24.3 Å². The van der Waals surface area contributed by atoms with Gasteiger partial charge in [0.25, 0.3) is 0 Å². The van der Waals surface area contributed by atoms with E-state index in [1.165, 1.54) is 7.11 Å². The lowest BCUT2D eigenvalue weighted by atomic mass is 10.2. The van der Waals surface area contributed by atoms with Crippen molar-refractivity contribution >= 4 is 11.7 Å². The van der Waals surface area contributed by atoms with E-state index in [-0.39, 0.29) is 5.97 Å². The van der Waals surface area contributed by atoms with Gasteiger partial charge < -0.3 is 14.8 Å². The van der Waals surface area contributed by atoms with Crippen LogP contribution in [-0.4, -0.2) is 26.7 Å². The summed E-state index contributed by atoms with van der Waals surface area (Å²) in [6, 6.07) is 7.61. The molecule has 4 nitrogen and oxygen atoms in total. The SMILES string of the molecule is COC(=O)/C(C)=C/CNc1ccccc1OC. The Hall–Kier alpha value is -1.97. The molecule has 1 N–H and O–H groups in total. The fourth-order valence-corrected chi connectivity index (χ4v) is 1.35. The zero-order chi connectivity index (χ0) is 12.7. The highest BCUT2D eigenvalue weighted by molar-refractivity contribution is 5.87. The smallest absolute Gasteiger partial charge is 0.333 e. The number of hydrogen-bond donors (Lipinski definition) is 1. The lowest BCUT2D eigenvalue weighted by molar-refractivity contribution is -0.136. The second-order valence-electron chi connectivity index (χ2n) is 3.46. The van der Waals surface area contributed by atoms with E-state index in [9.17, 15) is 4.79 Å². The van der Waals surface area contributed by atoms with E-state index in [0.29, 0.717) is 12.1 Å². The van der Waals surface area contributed by atoms with Gasteiger partial charge in [-0.3, -0.25) is 0 Å². The van der Waals surface area contributed by atoms with Crippen LogP contribution in [0.25, 0.3) is 0 Å². The summed E-state index contributed by atoms with van der Waals surface area (Å²) in [6.45, 7) is 2.26. The molecule has 0 aliphatic heterocycles. The molecule has 1 rings (SSSR count). The van der Waals surface area contributed by atoms with Gasteiger partial charge in [0.1, 0.15) is 5.75 Å². The van der Waals surface area contributed by atoms with Crippen molar-refractivity contribution in [2.24, 2.45) is 0 Å². The molecular weight excluding hydrogens is 218 g/mol. The van der Waals surface area contributed by atoms with Crippen molar-refractivity contribution in [3.05, 3.63) is 35.9 Å². The third-order valence-electron chi connectivity index (χ3n) is 2.32. The van der Waals surface area contributed by atoms with Gasteiger partial charge in [-0.05, 0) is 19.1 Å². The van der Waals surface area contributed by atoms with E-state index in [4.69, 9.17) is 4.74 Å². The highest BCUT2D eigenvalue weighted by atomic mass is 16.5. The van der Waals surface area contributed by atoms with Crippen molar-refractivity contribution in [3.8, 4) is 5.75 Å². The molecule has 0 atom stereocenters. The zero-order valence-corrected chi connectivity index (χ0v) is 10.3. The Kier molecular flexibility index (Phi) is 5.07. The topological polar surface area (TPSA) is 47.6 Å². The van der Waals surface area contributed by atoms with Crippen LogP contribution in [0, 0.1) is 0 Å². The van der Waals surface area contributed by atoms with Gasteiger partial charge >= 0.3 is 5.97 Å². The molecule has 0 aromatic heterocycles. The summed E-state index contributed by atoms with van der Waals surface area (Å²) >= 11 is 0. The Balaban J connectivity index is 2.59. The van der Waals surface area contributed by atoms with Crippen LogP contribution in [0.3, 0.4) is 0 Å². The first-order valence-electron chi connectivity index (χ1n) is 5.31. The number of benzene rings is 1. The van der Waals surface area contributed by atoms with Gasteiger partial charge in [-0.2, -0.15) is 0 Å². The van der Waals surface area contributed by atoms with Gasteiger partial charge in [0.05, 0.1) is 19.9 Å². The maximum absolute atomic E-state index is 11.1. The third-order valence-corrected chi connectivity index (χ3v) is 2.32. The first-order valence-corrected chi connectivity index (χ1v) is 5.31. The highest BCUT2D eigenvalue weighted by Gasteiger charge is 2.02. The first kappa shape index (κ1) is 13.1. The fourth-order valence-electron chi connectivity index (χ4n) is 1.35.